The summed E-state index contributed by atoms with van der Waals surface area (Å²) in [5, 5.41) is 50.2. The molecule has 0 spiro atoms. The molecular weight excluding hydrogens is 803 g/mol. The summed E-state index contributed by atoms with van der Waals surface area (Å²) in [6, 6.07) is 0. The number of aliphatic hydroxyl groups excluding tert-OH is 5. The van der Waals surface area contributed by atoms with Crippen molar-refractivity contribution in [2.75, 3.05) is 13.2 Å². The van der Waals surface area contributed by atoms with Crippen molar-refractivity contribution in [3.8, 4) is 0 Å². The number of rotatable bonds is 40. The Morgan fingerprint density at radius 1 is 0.492 bits per heavy atom. The van der Waals surface area contributed by atoms with Crippen LogP contribution in [0, 0.1) is 0 Å². The minimum absolute atomic E-state index is 0.0926. The first-order chi connectivity index (χ1) is 29.4. The molecule has 0 aromatic carbocycles. The predicted molar refractivity (Wildman–Crippen MR) is 240 cm³/mol. The molecule has 13 nitrogen and oxygen atoms in total. The maximum atomic E-state index is 12.8. The van der Waals surface area contributed by atoms with E-state index >= 15 is 0 Å². The average molecular weight is 891 g/mol. The van der Waals surface area contributed by atoms with Crippen LogP contribution in [0.2, 0.25) is 0 Å². The Morgan fingerprint density at radius 2 is 0.836 bits per heavy atom. The fourth-order valence-corrected chi connectivity index (χ4v) is 8.31. The van der Waals surface area contributed by atoms with Gasteiger partial charge < -0.3 is 39.9 Å². The number of phosphoric acid groups is 1. The van der Waals surface area contributed by atoms with Crippen LogP contribution in [0.4, 0.5) is 0 Å². The highest BCUT2D eigenvalue weighted by Crippen LogP contribution is 2.47. The number of ether oxygens (including phenoxy) is 2. The molecule has 0 aliphatic heterocycles. The largest absolute Gasteiger partial charge is 0.472 e. The number of esters is 2. The number of hydrogen-bond acceptors (Lipinski definition) is 12. The number of unbranched alkanes of at least 4 members (excludes halogenated alkanes) is 24. The predicted octanol–water partition coefficient (Wildman–Crippen LogP) is 9.62. The summed E-state index contributed by atoms with van der Waals surface area (Å²) >= 11 is 0. The van der Waals surface area contributed by atoms with Gasteiger partial charge in [-0.05, 0) is 64.2 Å². The van der Waals surface area contributed by atoms with Crippen LogP contribution in [0.15, 0.2) is 24.3 Å². The first-order valence-corrected chi connectivity index (χ1v) is 25.6. The fourth-order valence-electron chi connectivity index (χ4n) is 7.34. The maximum absolute atomic E-state index is 12.8. The summed E-state index contributed by atoms with van der Waals surface area (Å²) < 4.78 is 33.6. The molecule has 6 N–H and O–H groups in total. The molecule has 14 heteroatoms. The Kier molecular flexibility index (Phi) is 35.4. The van der Waals surface area contributed by atoms with Crippen molar-refractivity contribution in [1.82, 2.24) is 0 Å². The molecule has 6 unspecified atom stereocenters. The summed E-state index contributed by atoms with van der Waals surface area (Å²) in [5.41, 5.74) is 0. The van der Waals surface area contributed by atoms with Crippen LogP contribution < -0.4 is 0 Å². The second kappa shape index (κ2) is 37.7. The zero-order chi connectivity index (χ0) is 45.0. The normalized spacial score (nSPS) is 22.2. The van der Waals surface area contributed by atoms with E-state index in [1.54, 1.807) is 0 Å². The van der Waals surface area contributed by atoms with Crippen LogP contribution in [-0.2, 0) is 32.7 Å². The highest BCUT2D eigenvalue weighted by Gasteiger charge is 2.51. The second-order valence-electron chi connectivity index (χ2n) is 17.0. The summed E-state index contributed by atoms with van der Waals surface area (Å²) in [6.45, 7) is 3.29. The Bertz CT molecular complexity index is 1170. The van der Waals surface area contributed by atoms with Crippen molar-refractivity contribution in [2.24, 2.45) is 0 Å². The van der Waals surface area contributed by atoms with Crippen LogP contribution in [0.3, 0.4) is 0 Å². The van der Waals surface area contributed by atoms with Gasteiger partial charge >= 0.3 is 19.8 Å². The molecule has 0 saturated heterocycles. The molecule has 1 aliphatic carbocycles. The van der Waals surface area contributed by atoms with Gasteiger partial charge in [-0.25, -0.2) is 4.57 Å². The van der Waals surface area contributed by atoms with Gasteiger partial charge in [-0.15, -0.1) is 0 Å². The number of carbonyl (C=O) groups excluding carboxylic acids is 2. The lowest BCUT2D eigenvalue weighted by Crippen LogP contribution is -2.64. The molecule has 0 aromatic rings. The molecule has 0 aromatic heterocycles. The van der Waals surface area contributed by atoms with Crippen molar-refractivity contribution >= 4 is 19.8 Å². The van der Waals surface area contributed by atoms with Gasteiger partial charge in [0.25, 0.3) is 0 Å². The van der Waals surface area contributed by atoms with Gasteiger partial charge in [0.05, 0.1) is 6.61 Å². The quantitative estimate of drug-likeness (QED) is 0.0147. The number of phosphoric ester groups is 1. The highest BCUT2D eigenvalue weighted by atomic mass is 31.2. The number of aliphatic hydroxyl groups is 5. The molecule has 1 saturated carbocycles. The molecule has 1 fully saturated rings. The van der Waals surface area contributed by atoms with Gasteiger partial charge in [0.1, 0.15) is 43.2 Å². The topological polar surface area (TPSA) is 210 Å². The molecule has 1 aliphatic rings. The third-order valence-corrected chi connectivity index (χ3v) is 12.3. The summed E-state index contributed by atoms with van der Waals surface area (Å²) in [6.07, 6.45) is 28.0. The molecule has 0 amide bonds. The zero-order valence-electron chi connectivity index (χ0n) is 38.0. The van der Waals surface area contributed by atoms with Crippen molar-refractivity contribution in [3.63, 3.8) is 0 Å². The van der Waals surface area contributed by atoms with Crippen molar-refractivity contribution in [2.45, 2.75) is 249 Å². The third kappa shape index (κ3) is 30.2. The van der Waals surface area contributed by atoms with Crippen LogP contribution in [0.5, 0.6) is 0 Å². The minimum atomic E-state index is -5.12. The Morgan fingerprint density at radius 3 is 1.26 bits per heavy atom. The second-order valence-corrected chi connectivity index (χ2v) is 18.4. The molecular formula is C47H87O13P. The SMILES string of the molecule is CCCCCC/C=C\CCCCCCCCCC(=O)O[C@H](COC(=O)CCCCCCCCC/C=C\CCCCCCCC)COP(=O)(O)OC1C(O)C(O)C(O)[C@@H](O)C1O. The van der Waals surface area contributed by atoms with Crippen LogP contribution in [-0.4, -0.2) is 98.3 Å². The van der Waals surface area contributed by atoms with Gasteiger partial charge in [-0.2, -0.15) is 0 Å². The molecule has 358 valence electrons. The van der Waals surface area contributed by atoms with Gasteiger partial charge in [-0.1, -0.05) is 154 Å². The molecule has 0 heterocycles. The molecule has 1 rings (SSSR count). The fraction of sp³-hybridized carbons (Fsp3) is 0.872. The molecule has 0 bridgehead atoms. The van der Waals surface area contributed by atoms with Crippen LogP contribution >= 0.6 is 7.82 Å². The van der Waals surface area contributed by atoms with E-state index in [1.807, 2.05) is 0 Å². The van der Waals surface area contributed by atoms with Gasteiger partial charge in [0, 0.05) is 12.8 Å². The highest BCUT2D eigenvalue weighted by molar-refractivity contribution is 7.47. The summed E-state index contributed by atoms with van der Waals surface area (Å²) in [5.74, 6) is -1.10. The lowest BCUT2D eigenvalue weighted by atomic mass is 9.85. The van der Waals surface area contributed by atoms with Crippen molar-refractivity contribution in [1.29, 1.82) is 0 Å². The van der Waals surface area contributed by atoms with E-state index in [-0.39, 0.29) is 12.8 Å². The van der Waals surface area contributed by atoms with E-state index in [4.69, 9.17) is 18.5 Å². The van der Waals surface area contributed by atoms with Gasteiger partial charge in [0.2, 0.25) is 0 Å². The monoisotopic (exact) mass is 891 g/mol. The van der Waals surface area contributed by atoms with Crippen molar-refractivity contribution in [3.05, 3.63) is 24.3 Å². The third-order valence-electron chi connectivity index (χ3n) is 11.3. The van der Waals surface area contributed by atoms with Crippen molar-refractivity contribution < 1.29 is 63.1 Å². The minimum Gasteiger partial charge on any atom is -0.462 e. The lowest BCUT2D eigenvalue weighted by Gasteiger charge is -2.41. The van der Waals surface area contributed by atoms with E-state index in [0.717, 1.165) is 70.6 Å². The van der Waals surface area contributed by atoms with E-state index in [0.29, 0.717) is 12.8 Å². The Hall–Kier alpha value is -1.67. The zero-order valence-corrected chi connectivity index (χ0v) is 38.9. The smallest absolute Gasteiger partial charge is 0.462 e. The van der Waals surface area contributed by atoms with Gasteiger partial charge in [0.15, 0.2) is 6.10 Å². The van der Waals surface area contributed by atoms with Crippen LogP contribution in [0.25, 0.3) is 0 Å². The van der Waals surface area contributed by atoms with E-state index in [1.165, 1.54) is 96.3 Å². The van der Waals surface area contributed by atoms with E-state index in [2.05, 4.69) is 38.2 Å². The van der Waals surface area contributed by atoms with Crippen LogP contribution in [0.1, 0.15) is 206 Å². The summed E-state index contributed by atoms with van der Waals surface area (Å²) in [7, 11) is -5.12. The maximum Gasteiger partial charge on any atom is 0.472 e. The number of carbonyl (C=O) groups is 2. The number of hydrogen-bond donors (Lipinski definition) is 6. The van der Waals surface area contributed by atoms with Gasteiger partial charge in [-0.3, -0.25) is 18.6 Å². The average Bonchev–Trinajstić information content (AvgIpc) is 3.24. The molecule has 8 atom stereocenters. The summed E-state index contributed by atoms with van der Waals surface area (Å²) in [4.78, 5) is 35.7. The molecule has 0 radical (unpaired) electrons. The number of allylic oxidation sites excluding steroid dienone is 4. The standard InChI is InChI=1S/C47H87O13P/c1-3-5-7-9-11-13-15-17-19-20-22-23-25-27-29-31-33-35-40(48)57-37-39(38-58-61(55,56)60-47-45(53)43(51)42(50)44(52)46(47)54)59-41(49)36-34-32-30-28-26-24-21-18-16-14-12-10-8-6-4-2/h14,16-17,19,39,42-47,50-54H,3-13,15,18,20-38H2,1-2H3,(H,55,56)/b16-14-,19-17-/t39-,42?,43-,44?,45?,46?,47?/m1/s1. The molecule has 61 heavy (non-hydrogen) atoms. The van der Waals surface area contributed by atoms with E-state index in [9.17, 15) is 44.6 Å². The first kappa shape index (κ1) is 57.3. The Labute approximate surface area is 368 Å². The first-order valence-electron chi connectivity index (χ1n) is 24.1. The van der Waals surface area contributed by atoms with E-state index < -0.39 is 75.7 Å². The Balaban J connectivity index is 2.44. The lowest BCUT2D eigenvalue weighted by molar-refractivity contribution is -0.220.